The summed E-state index contributed by atoms with van der Waals surface area (Å²) in [5, 5.41) is 2.55. The number of ether oxygens (including phenoxy) is 1. The molecule has 8 heteroatoms. The summed E-state index contributed by atoms with van der Waals surface area (Å²) in [6, 6.07) is 7.94. The van der Waals surface area contributed by atoms with E-state index in [4.69, 9.17) is 9.15 Å². The number of sulfonamides is 1. The first-order valence-electron chi connectivity index (χ1n) is 7.40. The van der Waals surface area contributed by atoms with Crippen LogP contribution >= 0.6 is 0 Å². The summed E-state index contributed by atoms with van der Waals surface area (Å²) in [6.45, 7) is 1.62. The summed E-state index contributed by atoms with van der Waals surface area (Å²) in [6.07, 6.45) is 2.84. The molecular formula is C16H20N2O5S. The molecule has 0 atom stereocenters. The van der Waals surface area contributed by atoms with Crippen LogP contribution in [0.15, 0.2) is 45.9 Å². The third-order valence-electron chi connectivity index (χ3n) is 3.26. The van der Waals surface area contributed by atoms with E-state index in [0.29, 0.717) is 24.3 Å². The average Bonchev–Trinajstić information content (AvgIpc) is 3.04. The second-order valence-electron chi connectivity index (χ2n) is 5.12. The number of aryl methyl sites for hydroxylation is 1. The van der Waals surface area contributed by atoms with Crippen molar-refractivity contribution in [3.8, 4) is 5.75 Å². The number of hydrogen-bond donors (Lipinski definition) is 2. The number of methoxy groups -OCH3 is 1. The Morgan fingerprint density at radius 1 is 1.29 bits per heavy atom. The standard InChI is InChI=1S/C16H20N2O5S/c1-12(19)18-15-11-14(7-8-16(15)22-2)24(20,21)17-9-3-5-13-6-4-10-23-13/h4,6-8,10-11,17H,3,5,9H2,1-2H3,(H,18,19). The van der Waals surface area contributed by atoms with Gasteiger partial charge in [0.2, 0.25) is 15.9 Å². The molecule has 0 aliphatic carbocycles. The Balaban J connectivity index is 2.03. The van der Waals surface area contributed by atoms with Crippen LogP contribution in [-0.2, 0) is 21.2 Å². The highest BCUT2D eigenvalue weighted by molar-refractivity contribution is 7.89. The molecule has 0 aliphatic heterocycles. The third-order valence-corrected chi connectivity index (χ3v) is 4.72. The van der Waals surface area contributed by atoms with Crippen LogP contribution in [0.3, 0.4) is 0 Å². The van der Waals surface area contributed by atoms with Crippen molar-refractivity contribution in [2.45, 2.75) is 24.7 Å². The zero-order valence-corrected chi connectivity index (χ0v) is 14.4. The van der Waals surface area contributed by atoms with E-state index >= 15 is 0 Å². The molecule has 0 spiro atoms. The van der Waals surface area contributed by atoms with Crippen molar-refractivity contribution < 1.29 is 22.4 Å². The van der Waals surface area contributed by atoms with Gasteiger partial charge in [-0.05, 0) is 36.8 Å². The number of benzene rings is 1. The zero-order chi connectivity index (χ0) is 17.6. The van der Waals surface area contributed by atoms with E-state index < -0.39 is 10.0 Å². The molecule has 7 nitrogen and oxygen atoms in total. The zero-order valence-electron chi connectivity index (χ0n) is 13.5. The maximum absolute atomic E-state index is 12.3. The second-order valence-corrected chi connectivity index (χ2v) is 6.89. The molecule has 0 radical (unpaired) electrons. The van der Waals surface area contributed by atoms with E-state index in [9.17, 15) is 13.2 Å². The van der Waals surface area contributed by atoms with Gasteiger partial charge in [0, 0.05) is 19.9 Å². The first-order chi connectivity index (χ1) is 11.4. The van der Waals surface area contributed by atoms with Gasteiger partial charge >= 0.3 is 0 Å². The molecule has 130 valence electrons. The van der Waals surface area contributed by atoms with Crippen LogP contribution in [0.25, 0.3) is 0 Å². The van der Waals surface area contributed by atoms with Gasteiger partial charge in [-0.15, -0.1) is 0 Å². The Labute approximate surface area is 141 Å². The monoisotopic (exact) mass is 352 g/mol. The summed E-state index contributed by atoms with van der Waals surface area (Å²) >= 11 is 0. The highest BCUT2D eigenvalue weighted by atomic mass is 32.2. The quantitative estimate of drug-likeness (QED) is 0.710. The van der Waals surface area contributed by atoms with Gasteiger partial charge in [0.15, 0.2) is 0 Å². The van der Waals surface area contributed by atoms with Crippen molar-refractivity contribution in [3.63, 3.8) is 0 Å². The summed E-state index contributed by atoms with van der Waals surface area (Å²) in [5.74, 6) is 0.891. The number of carbonyl (C=O) groups excluding carboxylic acids is 1. The Bertz CT molecular complexity index is 785. The Morgan fingerprint density at radius 2 is 2.08 bits per heavy atom. The van der Waals surface area contributed by atoms with Crippen molar-refractivity contribution in [2.75, 3.05) is 19.0 Å². The van der Waals surface area contributed by atoms with E-state index in [1.165, 1.54) is 32.2 Å². The molecule has 0 unspecified atom stereocenters. The summed E-state index contributed by atoms with van der Waals surface area (Å²) in [7, 11) is -2.23. The highest BCUT2D eigenvalue weighted by Gasteiger charge is 2.16. The van der Waals surface area contributed by atoms with Gasteiger partial charge in [0.05, 0.1) is 24.0 Å². The Kier molecular flexibility index (Phi) is 5.99. The summed E-state index contributed by atoms with van der Waals surface area (Å²) < 4.78 is 37.5. The number of amides is 1. The number of carbonyl (C=O) groups is 1. The van der Waals surface area contributed by atoms with Gasteiger partial charge in [0.1, 0.15) is 11.5 Å². The molecule has 2 N–H and O–H groups in total. The second kappa shape index (κ2) is 7.98. The molecule has 2 aromatic rings. The van der Waals surface area contributed by atoms with Crippen LogP contribution in [0.4, 0.5) is 5.69 Å². The van der Waals surface area contributed by atoms with Crippen LogP contribution in [0.1, 0.15) is 19.1 Å². The molecule has 1 aromatic heterocycles. The molecular weight excluding hydrogens is 332 g/mol. The lowest BCUT2D eigenvalue weighted by Crippen LogP contribution is -2.25. The minimum absolute atomic E-state index is 0.0602. The summed E-state index contributed by atoms with van der Waals surface area (Å²) in [4.78, 5) is 11.3. The van der Waals surface area contributed by atoms with Crippen LogP contribution in [0, 0.1) is 0 Å². The van der Waals surface area contributed by atoms with Gasteiger partial charge in [-0.3, -0.25) is 4.79 Å². The lowest BCUT2D eigenvalue weighted by Gasteiger charge is -2.12. The van der Waals surface area contributed by atoms with Gasteiger partial charge in [0.25, 0.3) is 0 Å². The van der Waals surface area contributed by atoms with Crippen molar-refractivity contribution in [1.82, 2.24) is 4.72 Å². The van der Waals surface area contributed by atoms with Gasteiger partial charge in [-0.2, -0.15) is 0 Å². The number of nitrogens with one attached hydrogen (secondary N) is 2. The number of rotatable bonds is 8. The lowest BCUT2D eigenvalue weighted by atomic mass is 10.2. The van der Waals surface area contributed by atoms with E-state index in [1.807, 2.05) is 6.07 Å². The SMILES string of the molecule is COc1ccc(S(=O)(=O)NCCCc2ccco2)cc1NC(C)=O. The van der Waals surface area contributed by atoms with Crippen LogP contribution in [0.5, 0.6) is 5.75 Å². The fourth-order valence-corrected chi connectivity index (χ4v) is 3.25. The normalized spacial score (nSPS) is 11.2. The van der Waals surface area contributed by atoms with Crippen molar-refractivity contribution in [3.05, 3.63) is 42.4 Å². The predicted molar refractivity (Wildman–Crippen MR) is 89.5 cm³/mol. The molecule has 1 aromatic carbocycles. The Morgan fingerprint density at radius 3 is 2.71 bits per heavy atom. The number of hydrogen-bond acceptors (Lipinski definition) is 5. The minimum Gasteiger partial charge on any atom is -0.495 e. The van der Waals surface area contributed by atoms with E-state index in [2.05, 4.69) is 10.0 Å². The molecule has 1 amide bonds. The maximum atomic E-state index is 12.3. The summed E-state index contributed by atoms with van der Waals surface area (Å²) in [5.41, 5.74) is 0.309. The van der Waals surface area contributed by atoms with Crippen LogP contribution in [0.2, 0.25) is 0 Å². The molecule has 2 rings (SSSR count). The molecule has 24 heavy (non-hydrogen) atoms. The number of anilines is 1. The van der Waals surface area contributed by atoms with Crippen molar-refractivity contribution >= 4 is 21.6 Å². The lowest BCUT2D eigenvalue weighted by molar-refractivity contribution is -0.114. The average molecular weight is 352 g/mol. The van der Waals surface area contributed by atoms with Crippen molar-refractivity contribution in [1.29, 1.82) is 0 Å². The Hall–Kier alpha value is -2.32. The molecule has 1 heterocycles. The van der Waals surface area contributed by atoms with Crippen LogP contribution in [-0.4, -0.2) is 28.0 Å². The van der Waals surface area contributed by atoms with Crippen LogP contribution < -0.4 is 14.8 Å². The first-order valence-corrected chi connectivity index (χ1v) is 8.88. The molecule has 0 saturated heterocycles. The molecule has 0 bridgehead atoms. The topological polar surface area (TPSA) is 97.6 Å². The highest BCUT2D eigenvalue weighted by Crippen LogP contribution is 2.27. The fourth-order valence-electron chi connectivity index (χ4n) is 2.15. The maximum Gasteiger partial charge on any atom is 0.240 e. The molecule has 0 saturated carbocycles. The van der Waals surface area contributed by atoms with E-state index in [-0.39, 0.29) is 17.3 Å². The van der Waals surface area contributed by atoms with E-state index in [0.717, 1.165) is 5.76 Å². The van der Waals surface area contributed by atoms with Crippen molar-refractivity contribution in [2.24, 2.45) is 0 Å². The first kappa shape index (κ1) is 18.0. The smallest absolute Gasteiger partial charge is 0.240 e. The van der Waals surface area contributed by atoms with E-state index in [1.54, 1.807) is 12.3 Å². The third kappa shape index (κ3) is 4.84. The number of furan rings is 1. The molecule has 0 fully saturated rings. The fraction of sp³-hybridized carbons (Fsp3) is 0.312. The van der Waals surface area contributed by atoms with Gasteiger partial charge < -0.3 is 14.5 Å². The van der Waals surface area contributed by atoms with Gasteiger partial charge in [-0.25, -0.2) is 13.1 Å². The predicted octanol–water partition coefficient (Wildman–Crippen LogP) is 2.16. The van der Waals surface area contributed by atoms with Gasteiger partial charge in [-0.1, -0.05) is 0 Å². The largest absolute Gasteiger partial charge is 0.495 e. The minimum atomic E-state index is -3.67. The molecule has 0 aliphatic rings.